The normalized spacial score (nSPS) is 11.8. The number of anilines is 1. The van der Waals surface area contributed by atoms with E-state index in [2.05, 4.69) is 26.1 Å². The minimum absolute atomic E-state index is 0.233. The summed E-state index contributed by atoms with van der Waals surface area (Å²) >= 11 is 3.04. The number of aromatic amines is 1. The molecule has 2 aromatic rings. The lowest BCUT2D eigenvalue weighted by molar-refractivity contribution is -0.137. The van der Waals surface area contributed by atoms with Crippen molar-refractivity contribution in [3.05, 3.63) is 34.4 Å². The first-order chi connectivity index (χ1) is 7.88. The average molecular weight is 306 g/mol. The molecule has 0 unspecified atom stereocenters. The van der Waals surface area contributed by atoms with Gasteiger partial charge in [0.05, 0.1) is 11.8 Å². The Hall–Kier alpha value is -1.50. The van der Waals surface area contributed by atoms with Crippen LogP contribution in [0, 0.1) is 0 Å². The molecule has 0 fully saturated rings. The van der Waals surface area contributed by atoms with Crippen molar-refractivity contribution in [1.29, 1.82) is 0 Å². The third-order valence-corrected chi connectivity index (χ3v) is 2.66. The van der Waals surface area contributed by atoms with Gasteiger partial charge in [0.2, 0.25) is 0 Å². The predicted octanol–water partition coefficient (Wildman–Crippen LogP) is 3.44. The summed E-state index contributed by atoms with van der Waals surface area (Å²) in [5.41, 5.74) is 5.63. The molecule has 0 aliphatic heterocycles. The Labute approximate surface area is 103 Å². The SMILES string of the molecule is Nc1[nH]ncc1-c1cc(Br)cc(C(F)(F)F)c1. The third kappa shape index (κ3) is 2.44. The summed E-state index contributed by atoms with van der Waals surface area (Å²) < 4.78 is 38.2. The summed E-state index contributed by atoms with van der Waals surface area (Å²) in [6.07, 6.45) is -3.01. The Morgan fingerprint density at radius 1 is 1.24 bits per heavy atom. The Morgan fingerprint density at radius 3 is 2.47 bits per heavy atom. The maximum Gasteiger partial charge on any atom is 0.416 e. The maximum absolute atomic E-state index is 12.6. The number of H-pyrrole nitrogens is 1. The molecule has 3 nitrogen and oxygen atoms in total. The predicted molar refractivity (Wildman–Crippen MR) is 61.1 cm³/mol. The van der Waals surface area contributed by atoms with Crippen LogP contribution in [0.4, 0.5) is 19.0 Å². The number of nitrogens with zero attached hydrogens (tertiary/aromatic N) is 1. The van der Waals surface area contributed by atoms with Gasteiger partial charge in [0, 0.05) is 10.0 Å². The Balaban J connectivity index is 2.57. The summed E-state index contributed by atoms with van der Waals surface area (Å²) in [6, 6.07) is 3.60. The van der Waals surface area contributed by atoms with Gasteiger partial charge in [-0.2, -0.15) is 18.3 Å². The Kier molecular flexibility index (Phi) is 2.86. The lowest BCUT2D eigenvalue weighted by atomic mass is 10.1. The standard InChI is InChI=1S/C10H7BrF3N3/c11-7-2-5(8-4-16-17-9(8)15)1-6(3-7)10(12,13)14/h1-4H,(H3,15,16,17). The largest absolute Gasteiger partial charge is 0.416 e. The van der Waals surface area contributed by atoms with Gasteiger partial charge < -0.3 is 5.73 Å². The summed E-state index contributed by atoms with van der Waals surface area (Å²) in [4.78, 5) is 0. The molecule has 2 rings (SSSR count). The number of nitrogens with two attached hydrogens (primary N) is 1. The fraction of sp³-hybridized carbons (Fsp3) is 0.100. The van der Waals surface area contributed by atoms with Crippen LogP contribution in [0.3, 0.4) is 0 Å². The molecule has 0 aliphatic rings. The van der Waals surface area contributed by atoms with Gasteiger partial charge in [-0.3, -0.25) is 5.10 Å². The molecule has 0 saturated heterocycles. The molecule has 90 valence electrons. The van der Waals surface area contributed by atoms with Crippen LogP contribution < -0.4 is 5.73 Å². The van der Waals surface area contributed by atoms with Gasteiger partial charge in [-0.1, -0.05) is 15.9 Å². The molecule has 1 aromatic carbocycles. The van der Waals surface area contributed by atoms with Gasteiger partial charge in [0.1, 0.15) is 5.82 Å². The molecule has 0 amide bonds. The summed E-state index contributed by atoms with van der Waals surface area (Å²) in [7, 11) is 0. The van der Waals surface area contributed by atoms with Crippen LogP contribution in [0.5, 0.6) is 0 Å². The maximum atomic E-state index is 12.6. The molecule has 3 N–H and O–H groups in total. The third-order valence-electron chi connectivity index (χ3n) is 2.20. The van der Waals surface area contributed by atoms with Crippen molar-refractivity contribution in [2.75, 3.05) is 5.73 Å². The summed E-state index contributed by atoms with van der Waals surface area (Å²) in [6.45, 7) is 0. The number of halogens is 4. The molecule has 1 aromatic heterocycles. The van der Waals surface area contributed by atoms with E-state index in [0.29, 0.717) is 15.6 Å². The number of aromatic nitrogens is 2. The summed E-state index contributed by atoms with van der Waals surface area (Å²) in [5, 5.41) is 6.15. The zero-order chi connectivity index (χ0) is 12.6. The van der Waals surface area contributed by atoms with Gasteiger partial charge in [0.25, 0.3) is 0 Å². The van der Waals surface area contributed by atoms with Gasteiger partial charge >= 0.3 is 6.18 Å². The summed E-state index contributed by atoms with van der Waals surface area (Å²) in [5.74, 6) is 0.233. The molecule has 1 heterocycles. The van der Waals surface area contributed by atoms with Crippen LogP contribution in [-0.4, -0.2) is 10.2 Å². The molecule has 0 atom stereocenters. The number of hydrogen-bond acceptors (Lipinski definition) is 2. The van der Waals surface area contributed by atoms with Crippen molar-refractivity contribution in [3.8, 4) is 11.1 Å². The highest BCUT2D eigenvalue weighted by Gasteiger charge is 2.31. The van der Waals surface area contributed by atoms with E-state index in [1.54, 1.807) is 6.07 Å². The van der Waals surface area contributed by atoms with Crippen LogP contribution in [-0.2, 0) is 6.18 Å². The van der Waals surface area contributed by atoms with Crippen molar-refractivity contribution in [3.63, 3.8) is 0 Å². The van der Waals surface area contributed by atoms with E-state index < -0.39 is 11.7 Å². The molecule has 0 saturated carbocycles. The van der Waals surface area contributed by atoms with E-state index in [4.69, 9.17) is 5.73 Å². The molecular formula is C10H7BrF3N3. The van der Waals surface area contributed by atoms with Gasteiger partial charge in [0.15, 0.2) is 0 Å². The zero-order valence-corrected chi connectivity index (χ0v) is 9.93. The monoisotopic (exact) mass is 305 g/mol. The first-order valence-electron chi connectivity index (χ1n) is 4.55. The number of nitrogens with one attached hydrogen (secondary N) is 1. The van der Waals surface area contributed by atoms with Crippen molar-refractivity contribution in [2.45, 2.75) is 6.18 Å². The Bertz CT molecular complexity index is 548. The fourth-order valence-corrected chi connectivity index (χ4v) is 1.93. The zero-order valence-electron chi connectivity index (χ0n) is 8.35. The van der Waals surface area contributed by atoms with Gasteiger partial charge in [-0.05, 0) is 23.8 Å². The highest BCUT2D eigenvalue weighted by Crippen LogP contribution is 2.35. The minimum atomic E-state index is -4.39. The molecule has 0 spiro atoms. The van der Waals surface area contributed by atoms with E-state index in [9.17, 15) is 13.2 Å². The van der Waals surface area contributed by atoms with Crippen molar-refractivity contribution >= 4 is 21.7 Å². The lowest BCUT2D eigenvalue weighted by Gasteiger charge is -2.09. The molecule has 0 radical (unpaired) electrons. The van der Waals surface area contributed by atoms with Crippen molar-refractivity contribution in [1.82, 2.24) is 10.2 Å². The minimum Gasteiger partial charge on any atom is -0.384 e. The number of alkyl halides is 3. The molecule has 0 bridgehead atoms. The Morgan fingerprint density at radius 2 is 1.94 bits per heavy atom. The van der Waals surface area contributed by atoms with Crippen LogP contribution in [0.15, 0.2) is 28.9 Å². The highest BCUT2D eigenvalue weighted by atomic mass is 79.9. The second-order valence-corrected chi connectivity index (χ2v) is 4.34. The van der Waals surface area contributed by atoms with Crippen molar-refractivity contribution in [2.24, 2.45) is 0 Å². The van der Waals surface area contributed by atoms with Gasteiger partial charge in [-0.25, -0.2) is 0 Å². The van der Waals surface area contributed by atoms with Crippen molar-refractivity contribution < 1.29 is 13.2 Å². The highest BCUT2D eigenvalue weighted by molar-refractivity contribution is 9.10. The second kappa shape index (κ2) is 4.06. The smallest absolute Gasteiger partial charge is 0.384 e. The molecule has 0 aliphatic carbocycles. The first-order valence-corrected chi connectivity index (χ1v) is 5.34. The topological polar surface area (TPSA) is 54.7 Å². The second-order valence-electron chi connectivity index (χ2n) is 3.42. The molecular weight excluding hydrogens is 299 g/mol. The fourth-order valence-electron chi connectivity index (χ4n) is 1.43. The quantitative estimate of drug-likeness (QED) is 0.848. The number of benzene rings is 1. The van der Waals surface area contributed by atoms with Crippen LogP contribution in [0.2, 0.25) is 0 Å². The van der Waals surface area contributed by atoms with E-state index in [1.807, 2.05) is 0 Å². The van der Waals surface area contributed by atoms with Gasteiger partial charge in [-0.15, -0.1) is 0 Å². The average Bonchev–Trinajstić information content (AvgIpc) is 2.62. The van der Waals surface area contributed by atoms with E-state index in [-0.39, 0.29) is 5.82 Å². The van der Waals surface area contributed by atoms with Crippen LogP contribution >= 0.6 is 15.9 Å². The van der Waals surface area contributed by atoms with E-state index in [0.717, 1.165) is 12.1 Å². The molecule has 17 heavy (non-hydrogen) atoms. The number of rotatable bonds is 1. The number of nitrogen functional groups attached to an aromatic ring is 1. The first kappa shape index (κ1) is 12.0. The number of hydrogen-bond donors (Lipinski definition) is 2. The lowest BCUT2D eigenvalue weighted by Crippen LogP contribution is -2.05. The van der Waals surface area contributed by atoms with E-state index >= 15 is 0 Å². The van der Waals surface area contributed by atoms with E-state index in [1.165, 1.54) is 6.20 Å². The van der Waals surface area contributed by atoms with Crippen LogP contribution in [0.25, 0.3) is 11.1 Å². The van der Waals surface area contributed by atoms with Crippen LogP contribution in [0.1, 0.15) is 5.56 Å². The molecule has 7 heteroatoms.